The van der Waals surface area contributed by atoms with Crippen LogP contribution in [0.25, 0.3) is 0 Å². The van der Waals surface area contributed by atoms with E-state index < -0.39 is 0 Å². The summed E-state index contributed by atoms with van der Waals surface area (Å²) in [5, 5.41) is 6.53. The molecule has 0 saturated carbocycles. The van der Waals surface area contributed by atoms with Crippen molar-refractivity contribution in [3.05, 3.63) is 23.8 Å². The average Bonchev–Trinajstić information content (AvgIpc) is 2.67. The normalized spacial score (nSPS) is 18.3. The van der Waals surface area contributed by atoms with Crippen molar-refractivity contribution in [1.29, 1.82) is 0 Å². The molecule has 1 aromatic carbocycles. The topological polar surface area (TPSA) is 59.6 Å². The van der Waals surface area contributed by atoms with Gasteiger partial charge in [-0.1, -0.05) is 26.8 Å². The monoisotopic (exact) mass is 396 g/mol. The number of piperidine rings is 1. The predicted molar refractivity (Wildman–Crippen MR) is 110 cm³/mol. The number of benzene rings is 1. The summed E-state index contributed by atoms with van der Waals surface area (Å²) in [4.78, 5) is 12.4. The largest absolute Gasteiger partial charge is 0.486 e. The zero-order valence-corrected chi connectivity index (χ0v) is 17.5. The van der Waals surface area contributed by atoms with E-state index in [1.807, 2.05) is 12.1 Å². The fourth-order valence-electron chi connectivity index (χ4n) is 3.83. The van der Waals surface area contributed by atoms with E-state index in [2.05, 4.69) is 37.5 Å². The summed E-state index contributed by atoms with van der Waals surface area (Å²) in [6.45, 7) is 10.5. The molecule has 1 atom stereocenters. The number of carbonyl (C=O) groups is 1. The van der Waals surface area contributed by atoms with Crippen molar-refractivity contribution < 1.29 is 14.3 Å². The molecule has 0 aliphatic carbocycles. The highest BCUT2D eigenvalue weighted by Gasteiger charge is 2.26. The number of amides is 1. The SMILES string of the molecule is CC(CC(=O)NCC(C)(C)c1ccc2c(c1)OCCO2)C1CCNCC1.Cl. The van der Waals surface area contributed by atoms with Crippen molar-refractivity contribution in [2.75, 3.05) is 32.8 Å². The third-order valence-corrected chi connectivity index (χ3v) is 5.75. The Morgan fingerprint density at radius 2 is 1.89 bits per heavy atom. The molecule has 2 N–H and O–H groups in total. The Morgan fingerprint density at radius 1 is 1.22 bits per heavy atom. The quantitative estimate of drug-likeness (QED) is 0.774. The lowest BCUT2D eigenvalue weighted by Crippen LogP contribution is -2.38. The van der Waals surface area contributed by atoms with E-state index in [-0.39, 0.29) is 23.7 Å². The summed E-state index contributed by atoms with van der Waals surface area (Å²) in [6, 6.07) is 6.07. The molecule has 3 rings (SSSR count). The minimum Gasteiger partial charge on any atom is -0.486 e. The van der Waals surface area contributed by atoms with Gasteiger partial charge in [-0.15, -0.1) is 12.4 Å². The number of rotatable bonds is 6. The third-order valence-electron chi connectivity index (χ3n) is 5.75. The second kappa shape index (κ2) is 9.65. The van der Waals surface area contributed by atoms with Crippen LogP contribution in [0.3, 0.4) is 0 Å². The van der Waals surface area contributed by atoms with E-state index in [0.717, 1.165) is 30.2 Å². The molecule has 6 heteroatoms. The summed E-state index contributed by atoms with van der Waals surface area (Å²) >= 11 is 0. The molecule has 27 heavy (non-hydrogen) atoms. The van der Waals surface area contributed by atoms with Gasteiger partial charge < -0.3 is 20.1 Å². The van der Waals surface area contributed by atoms with Gasteiger partial charge >= 0.3 is 0 Å². The lowest BCUT2D eigenvalue weighted by molar-refractivity contribution is -0.122. The van der Waals surface area contributed by atoms with Crippen LogP contribution in [-0.2, 0) is 10.2 Å². The van der Waals surface area contributed by atoms with E-state index in [1.165, 1.54) is 12.8 Å². The number of halogens is 1. The van der Waals surface area contributed by atoms with Crippen LogP contribution in [-0.4, -0.2) is 38.8 Å². The van der Waals surface area contributed by atoms with Crippen molar-refractivity contribution in [2.24, 2.45) is 11.8 Å². The van der Waals surface area contributed by atoms with Gasteiger partial charge in [0.25, 0.3) is 0 Å². The van der Waals surface area contributed by atoms with Gasteiger partial charge in [-0.25, -0.2) is 0 Å². The van der Waals surface area contributed by atoms with Crippen LogP contribution in [0.1, 0.15) is 45.6 Å². The van der Waals surface area contributed by atoms with Gasteiger partial charge in [0, 0.05) is 18.4 Å². The van der Waals surface area contributed by atoms with Crippen molar-refractivity contribution >= 4 is 18.3 Å². The Kier molecular flexibility index (Phi) is 7.80. The second-order valence-electron chi connectivity index (χ2n) is 8.29. The number of ether oxygens (including phenoxy) is 2. The van der Waals surface area contributed by atoms with Crippen LogP contribution in [0.5, 0.6) is 11.5 Å². The van der Waals surface area contributed by atoms with E-state index >= 15 is 0 Å². The van der Waals surface area contributed by atoms with Gasteiger partial charge in [0.1, 0.15) is 13.2 Å². The molecule has 0 bridgehead atoms. The van der Waals surface area contributed by atoms with Crippen molar-refractivity contribution in [3.8, 4) is 11.5 Å². The molecule has 0 radical (unpaired) electrons. The highest BCUT2D eigenvalue weighted by Crippen LogP contribution is 2.35. The number of hydrogen-bond donors (Lipinski definition) is 2. The maximum atomic E-state index is 12.4. The molecule has 2 heterocycles. The van der Waals surface area contributed by atoms with Crippen LogP contribution >= 0.6 is 12.4 Å². The van der Waals surface area contributed by atoms with Gasteiger partial charge in [-0.05, 0) is 55.5 Å². The zero-order chi connectivity index (χ0) is 18.6. The first kappa shape index (κ1) is 21.8. The Labute approximate surface area is 169 Å². The average molecular weight is 397 g/mol. The van der Waals surface area contributed by atoms with Crippen molar-refractivity contribution in [3.63, 3.8) is 0 Å². The smallest absolute Gasteiger partial charge is 0.220 e. The third kappa shape index (κ3) is 5.76. The number of hydrogen-bond acceptors (Lipinski definition) is 4. The molecule has 1 unspecified atom stereocenters. The van der Waals surface area contributed by atoms with E-state index in [1.54, 1.807) is 0 Å². The number of nitrogens with one attached hydrogen (secondary N) is 2. The Hall–Kier alpha value is -1.46. The summed E-state index contributed by atoms with van der Waals surface area (Å²) < 4.78 is 11.3. The number of carbonyl (C=O) groups excluding carboxylic acids is 1. The Bertz CT molecular complexity index is 630. The maximum absolute atomic E-state index is 12.4. The minimum absolute atomic E-state index is 0. The molecule has 152 valence electrons. The highest BCUT2D eigenvalue weighted by molar-refractivity contribution is 5.85. The summed E-state index contributed by atoms with van der Waals surface area (Å²) in [7, 11) is 0. The molecule has 0 spiro atoms. The fourth-order valence-corrected chi connectivity index (χ4v) is 3.83. The molecule has 2 aliphatic rings. The van der Waals surface area contributed by atoms with Crippen molar-refractivity contribution in [1.82, 2.24) is 10.6 Å². The highest BCUT2D eigenvalue weighted by atomic mass is 35.5. The Morgan fingerprint density at radius 3 is 2.59 bits per heavy atom. The zero-order valence-electron chi connectivity index (χ0n) is 16.7. The summed E-state index contributed by atoms with van der Waals surface area (Å²) in [6.07, 6.45) is 2.97. The molecular weight excluding hydrogens is 364 g/mol. The van der Waals surface area contributed by atoms with Gasteiger partial charge in [0.2, 0.25) is 5.91 Å². The lowest BCUT2D eigenvalue weighted by atomic mass is 9.83. The first-order valence-electron chi connectivity index (χ1n) is 9.83. The molecule has 1 aromatic rings. The van der Waals surface area contributed by atoms with Gasteiger partial charge in [0.05, 0.1) is 0 Å². The predicted octanol–water partition coefficient (Wildman–Crippen LogP) is 3.30. The van der Waals surface area contributed by atoms with Crippen molar-refractivity contribution in [2.45, 2.75) is 45.4 Å². The first-order valence-corrected chi connectivity index (χ1v) is 9.83. The van der Waals surface area contributed by atoms with Crippen LogP contribution in [0.15, 0.2) is 18.2 Å². The molecule has 5 nitrogen and oxygen atoms in total. The fraction of sp³-hybridized carbons (Fsp3) is 0.667. The van der Waals surface area contributed by atoms with E-state index in [0.29, 0.717) is 38.0 Å². The maximum Gasteiger partial charge on any atom is 0.220 e. The minimum atomic E-state index is -0.163. The van der Waals surface area contributed by atoms with Crippen LogP contribution < -0.4 is 20.1 Å². The second-order valence-corrected chi connectivity index (χ2v) is 8.29. The lowest BCUT2D eigenvalue weighted by Gasteiger charge is -2.30. The summed E-state index contributed by atoms with van der Waals surface area (Å²) in [5.74, 6) is 2.85. The van der Waals surface area contributed by atoms with Crippen LogP contribution in [0, 0.1) is 11.8 Å². The first-order chi connectivity index (χ1) is 12.5. The van der Waals surface area contributed by atoms with Gasteiger partial charge in [-0.3, -0.25) is 4.79 Å². The van der Waals surface area contributed by atoms with Gasteiger partial charge in [0.15, 0.2) is 11.5 Å². The molecule has 2 aliphatic heterocycles. The molecule has 1 amide bonds. The molecule has 1 fully saturated rings. The van der Waals surface area contributed by atoms with E-state index in [4.69, 9.17) is 9.47 Å². The van der Waals surface area contributed by atoms with E-state index in [9.17, 15) is 4.79 Å². The standard InChI is InChI=1S/C21H32N2O3.ClH/c1-15(16-6-8-22-9-7-16)12-20(24)23-14-21(2,3)17-4-5-18-19(13-17)26-11-10-25-18;/h4-5,13,15-16,22H,6-12,14H2,1-3H3,(H,23,24);1H. The Balaban J connectivity index is 0.00000261. The number of fused-ring (bicyclic) bond motifs is 1. The summed E-state index contributed by atoms with van der Waals surface area (Å²) in [5.41, 5.74) is 0.984. The van der Waals surface area contributed by atoms with Gasteiger partial charge in [-0.2, -0.15) is 0 Å². The van der Waals surface area contributed by atoms with Crippen LogP contribution in [0.2, 0.25) is 0 Å². The van der Waals surface area contributed by atoms with Crippen LogP contribution in [0.4, 0.5) is 0 Å². The molecular formula is C21H33ClN2O3. The molecule has 1 saturated heterocycles. The molecule has 0 aromatic heterocycles.